The standard InChI is InChI=1S/2C21H23.C12H9Si.Hf/c2*1-4-8-16-9-5-6-11-19(16)20-12-7-10-17-13-18(15(2)3)14-21(17)20;1-3-7-11-9(5-1)10-6-2-4-8-12(10)13-11;/h2*5-7,9-15H,4,8H2,1-3H3;1-7H,13H2;. The Morgan fingerprint density at radius 2 is 0.929 bits per heavy atom. The topological polar surface area (TPSA) is 0 Å². The Hall–Kier alpha value is -4.11. The van der Waals surface area contributed by atoms with Gasteiger partial charge in [-0.25, -0.2) is 0 Å². The summed E-state index contributed by atoms with van der Waals surface area (Å²) in [6.45, 7) is 14.5. The molecule has 0 nitrogen and oxygen atoms in total. The molecule has 9 rings (SSSR count). The zero-order valence-corrected chi connectivity index (χ0v) is 39.1. The van der Waals surface area contributed by atoms with Crippen molar-refractivity contribution in [3.8, 4) is 33.4 Å². The van der Waals surface area contributed by atoms with Gasteiger partial charge in [-0.1, -0.05) is 0 Å². The average molecular weight is 911 g/mol. The van der Waals surface area contributed by atoms with E-state index < -0.39 is 31.0 Å². The number of benzene rings is 6. The predicted molar refractivity (Wildman–Crippen MR) is 242 cm³/mol. The maximum atomic E-state index is 2.69. The first-order valence-electron chi connectivity index (χ1n) is 21.3. The zero-order valence-electron chi connectivity index (χ0n) is 34.1. The molecule has 2 aliphatic carbocycles. The molecule has 2 heteroatoms. The number of aryl methyl sites for hydroxylation is 2. The van der Waals surface area contributed by atoms with Crippen molar-refractivity contribution in [2.45, 2.75) is 74.6 Å². The fourth-order valence-electron chi connectivity index (χ4n) is 10.5. The van der Waals surface area contributed by atoms with Gasteiger partial charge in [0.2, 0.25) is 0 Å². The second kappa shape index (κ2) is 15.7. The van der Waals surface area contributed by atoms with Crippen molar-refractivity contribution < 1.29 is 21.4 Å². The van der Waals surface area contributed by atoms with E-state index in [4.69, 9.17) is 0 Å². The van der Waals surface area contributed by atoms with Crippen LogP contribution in [0.5, 0.6) is 0 Å². The van der Waals surface area contributed by atoms with Crippen molar-refractivity contribution in [3.63, 3.8) is 0 Å². The van der Waals surface area contributed by atoms with E-state index in [1.807, 2.05) is 0 Å². The molecule has 0 amide bonds. The molecule has 56 heavy (non-hydrogen) atoms. The fourth-order valence-corrected chi connectivity index (χ4v) is 31.0. The van der Waals surface area contributed by atoms with E-state index in [2.05, 4.69) is 181 Å². The normalized spacial score (nSPS) is 16.9. The summed E-state index contributed by atoms with van der Waals surface area (Å²) in [6.07, 6.45) is 9.91. The summed E-state index contributed by atoms with van der Waals surface area (Å²) < 4.78 is 2.76. The van der Waals surface area contributed by atoms with Gasteiger partial charge < -0.3 is 0 Å². The molecule has 2 atom stereocenters. The first-order chi connectivity index (χ1) is 27.4. The van der Waals surface area contributed by atoms with Crippen molar-refractivity contribution in [3.05, 3.63) is 172 Å². The fraction of sp³-hybridized carbons (Fsp3) is 0.259. The molecular formula is C54H55HfSi. The molecule has 1 aliphatic heterocycles. The van der Waals surface area contributed by atoms with Crippen molar-refractivity contribution in [2.75, 3.05) is 0 Å². The molecule has 0 N–H and O–H groups in total. The first-order valence-corrected chi connectivity index (χ1v) is 28.7. The van der Waals surface area contributed by atoms with Crippen LogP contribution in [0.1, 0.15) is 95.1 Å². The Morgan fingerprint density at radius 1 is 0.482 bits per heavy atom. The van der Waals surface area contributed by atoms with E-state index in [0.717, 1.165) is 25.7 Å². The predicted octanol–water partition coefficient (Wildman–Crippen LogP) is 11.9. The number of hydrogen-bond donors (Lipinski definition) is 0. The van der Waals surface area contributed by atoms with Gasteiger partial charge in [-0.2, -0.15) is 0 Å². The van der Waals surface area contributed by atoms with Gasteiger partial charge in [-0.15, -0.1) is 0 Å². The van der Waals surface area contributed by atoms with E-state index in [9.17, 15) is 0 Å². The van der Waals surface area contributed by atoms with Crippen molar-refractivity contribution in [1.29, 1.82) is 0 Å². The SMILES string of the molecule is CCCc1ccccc1-c1cccc2c1C=C(C(C)C)[CH]2[Hf]([c]1cccc2c1[SiH2]c1ccccc1-2)[CH]1C(C(C)C)=Cc2c(-c3ccccc3CCC)cccc21. The van der Waals surface area contributed by atoms with Gasteiger partial charge in [0.1, 0.15) is 0 Å². The molecule has 1 heterocycles. The van der Waals surface area contributed by atoms with Crippen LogP contribution in [-0.2, 0) is 34.3 Å². The van der Waals surface area contributed by atoms with Gasteiger partial charge in [0, 0.05) is 0 Å². The van der Waals surface area contributed by atoms with Crippen LogP contribution in [0.15, 0.2) is 139 Å². The Balaban J connectivity index is 1.31. The summed E-state index contributed by atoms with van der Waals surface area (Å²) in [4.78, 5) is 0. The van der Waals surface area contributed by atoms with Crippen LogP contribution in [0.25, 0.3) is 45.5 Å². The summed E-state index contributed by atoms with van der Waals surface area (Å²) in [5.74, 6) is 0.939. The number of fused-ring (bicyclic) bond motifs is 5. The third-order valence-corrected chi connectivity index (χ3v) is 29.4. The molecule has 279 valence electrons. The van der Waals surface area contributed by atoms with E-state index in [1.165, 1.54) is 50.1 Å². The number of rotatable bonds is 11. The Labute approximate surface area is 346 Å². The quantitative estimate of drug-likeness (QED) is 0.113. The molecule has 0 fully saturated rings. The molecular weight excluding hydrogens is 855 g/mol. The molecule has 2 unspecified atom stereocenters. The second-order valence-electron chi connectivity index (χ2n) is 17.0. The number of hydrogen-bond acceptors (Lipinski definition) is 0. The van der Waals surface area contributed by atoms with Crippen LogP contribution in [0.2, 0.25) is 0 Å². The van der Waals surface area contributed by atoms with Crippen LogP contribution in [0, 0.1) is 11.8 Å². The van der Waals surface area contributed by atoms with Gasteiger partial charge in [0.05, 0.1) is 0 Å². The van der Waals surface area contributed by atoms with Crippen molar-refractivity contribution in [2.24, 2.45) is 11.8 Å². The van der Waals surface area contributed by atoms with Crippen molar-refractivity contribution >= 4 is 35.4 Å². The average Bonchev–Trinajstić information content (AvgIpc) is 3.92. The maximum absolute atomic E-state index is 3.14. The summed E-state index contributed by atoms with van der Waals surface area (Å²) in [7, 11) is -0.617. The van der Waals surface area contributed by atoms with Crippen LogP contribution < -0.4 is 13.7 Å². The molecule has 0 radical (unpaired) electrons. The summed E-state index contributed by atoms with van der Waals surface area (Å²) in [6, 6.07) is 50.1. The molecule has 0 bridgehead atoms. The van der Waals surface area contributed by atoms with E-state index in [0.29, 0.717) is 19.2 Å². The zero-order chi connectivity index (χ0) is 38.5. The molecule has 0 saturated carbocycles. The van der Waals surface area contributed by atoms with E-state index in [1.54, 1.807) is 41.5 Å². The third-order valence-electron chi connectivity index (χ3n) is 13.0. The molecule has 6 aromatic rings. The Bertz CT molecular complexity index is 2390. The van der Waals surface area contributed by atoms with Gasteiger partial charge in [0.15, 0.2) is 0 Å². The van der Waals surface area contributed by atoms with Crippen molar-refractivity contribution in [1.82, 2.24) is 0 Å². The molecule has 3 aliphatic rings. The van der Waals surface area contributed by atoms with E-state index in [-0.39, 0.29) is 0 Å². The van der Waals surface area contributed by atoms with Gasteiger partial charge in [-0.3, -0.25) is 0 Å². The monoisotopic (exact) mass is 911 g/mol. The molecule has 0 aromatic heterocycles. The van der Waals surface area contributed by atoms with Gasteiger partial charge in [-0.05, 0) is 0 Å². The molecule has 0 saturated heterocycles. The first kappa shape index (κ1) is 37.5. The van der Waals surface area contributed by atoms with Crippen LogP contribution >= 0.6 is 0 Å². The van der Waals surface area contributed by atoms with E-state index >= 15 is 0 Å². The molecule has 6 aromatic carbocycles. The van der Waals surface area contributed by atoms with Gasteiger partial charge >= 0.3 is 349 Å². The van der Waals surface area contributed by atoms with Crippen LogP contribution in [0.3, 0.4) is 0 Å². The molecule has 0 spiro atoms. The summed E-state index contributed by atoms with van der Waals surface area (Å²) in [5.41, 5.74) is 21.3. The Morgan fingerprint density at radius 3 is 1.45 bits per heavy atom. The summed E-state index contributed by atoms with van der Waals surface area (Å²) in [5, 5.41) is 3.39. The minimum atomic E-state index is -3.14. The third kappa shape index (κ3) is 6.36. The number of allylic oxidation sites excluding steroid dienone is 2. The summed E-state index contributed by atoms with van der Waals surface area (Å²) >= 11 is -3.14. The second-order valence-corrected chi connectivity index (χ2v) is 28.2. The Kier molecular flexibility index (Phi) is 10.5. The minimum absolute atomic E-state index is 0.469. The van der Waals surface area contributed by atoms with Crippen LogP contribution in [0.4, 0.5) is 0 Å². The van der Waals surface area contributed by atoms with Crippen LogP contribution in [-0.4, -0.2) is 9.52 Å². The van der Waals surface area contributed by atoms with Gasteiger partial charge in [0.25, 0.3) is 0 Å².